The molecule has 7 nitrogen and oxygen atoms in total. The lowest BCUT2D eigenvalue weighted by atomic mass is 10.0. The van der Waals surface area contributed by atoms with Gasteiger partial charge in [0.2, 0.25) is 5.91 Å². The third-order valence-corrected chi connectivity index (χ3v) is 7.32. The monoisotopic (exact) mass is 536 g/mol. The Morgan fingerprint density at radius 1 is 0.946 bits per heavy atom. The zero-order valence-corrected chi connectivity index (χ0v) is 21.5. The van der Waals surface area contributed by atoms with Crippen molar-refractivity contribution in [2.75, 3.05) is 30.4 Å². The molecule has 3 rings (SSSR count). The first-order valence-electron chi connectivity index (χ1n) is 11.2. The number of anilines is 2. The molecule has 0 aliphatic heterocycles. The molecule has 0 saturated carbocycles. The van der Waals surface area contributed by atoms with Gasteiger partial charge in [-0.3, -0.25) is 9.10 Å². The van der Waals surface area contributed by atoms with Crippen LogP contribution in [0.5, 0.6) is 11.5 Å². The molecular weight excluding hydrogens is 509 g/mol. The van der Waals surface area contributed by atoms with Crippen LogP contribution in [0.1, 0.15) is 30.9 Å². The topological polar surface area (TPSA) is 84.9 Å². The van der Waals surface area contributed by atoms with Crippen molar-refractivity contribution >= 4 is 27.3 Å². The number of methoxy groups -OCH3 is 2. The maximum atomic E-state index is 13.6. The van der Waals surface area contributed by atoms with Gasteiger partial charge in [0, 0.05) is 11.8 Å². The molecule has 0 fully saturated rings. The van der Waals surface area contributed by atoms with E-state index in [-0.39, 0.29) is 28.0 Å². The number of carbonyl (C=O) groups excluding carboxylic acids is 1. The number of hydrogen-bond acceptors (Lipinski definition) is 5. The van der Waals surface area contributed by atoms with Gasteiger partial charge in [-0.25, -0.2) is 8.42 Å². The number of nitrogens with one attached hydrogen (secondary N) is 1. The fourth-order valence-electron chi connectivity index (χ4n) is 3.54. The van der Waals surface area contributed by atoms with Crippen molar-refractivity contribution in [2.45, 2.75) is 30.8 Å². The van der Waals surface area contributed by atoms with Crippen molar-refractivity contribution in [3.8, 4) is 11.5 Å². The molecule has 1 amide bonds. The summed E-state index contributed by atoms with van der Waals surface area (Å²) in [5, 5.41) is 2.61. The first-order chi connectivity index (χ1) is 17.4. The van der Waals surface area contributed by atoms with Crippen LogP contribution in [0, 0.1) is 0 Å². The van der Waals surface area contributed by atoms with Crippen LogP contribution in [0.15, 0.2) is 71.6 Å². The molecule has 0 saturated heterocycles. The minimum Gasteiger partial charge on any atom is -0.493 e. The van der Waals surface area contributed by atoms with Crippen LogP contribution in [0.4, 0.5) is 24.5 Å². The van der Waals surface area contributed by atoms with Crippen LogP contribution in [0.25, 0.3) is 0 Å². The molecule has 0 atom stereocenters. The van der Waals surface area contributed by atoms with Gasteiger partial charge in [0.25, 0.3) is 10.0 Å². The highest BCUT2D eigenvalue weighted by atomic mass is 32.2. The number of ether oxygens (including phenoxy) is 2. The van der Waals surface area contributed by atoms with Crippen molar-refractivity contribution in [2.24, 2.45) is 0 Å². The van der Waals surface area contributed by atoms with E-state index in [4.69, 9.17) is 9.47 Å². The summed E-state index contributed by atoms with van der Waals surface area (Å²) in [6, 6.07) is 14.5. The highest BCUT2D eigenvalue weighted by Gasteiger charge is 2.33. The SMILES string of the molecule is COc1ccc(S(=O)(=O)N(CC(=O)Nc2ccc(C(C)C)cc2)c2cccc(C(F)(F)F)c2)cc1OC. The summed E-state index contributed by atoms with van der Waals surface area (Å²) >= 11 is 0. The van der Waals surface area contributed by atoms with E-state index < -0.39 is 34.2 Å². The molecule has 37 heavy (non-hydrogen) atoms. The zero-order chi connectivity index (χ0) is 27.4. The van der Waals surface area contributed by atoms with Crippen molar-refractivity contribution < 1.29 is 35.9 Å². The van der Waals surface area contributed by atoms with Crippen LogP contribution < -0.4 is 19.1 Å². The maximum absolute atomic E-state index is 13.6. The molecule has 0 heterocycles. The summed E-state index contributed by atoms with van der Waals surface area (Å²) < 4.78 is 78.4. The number of carbonyl (C=O) groups is 1. The third kappa shape index (κ3) is 6.53. The van der Waals surface area contributed by atoms with Crippen LogP contribution in [-0.4, -0.2) is 35.1 Å². The summed E-state index contributed by atoms with van der Waals surface area (Å²) in [5.41, 5.74) is 0.0821. The second-order valence-electron chi connectivity index (χ2n) is 8.40. The molecule has 0 radical (unpaired) electrons. The second kappa shape index (κ2) is 11.1. The molecule has 11 heteroatoms. The van der Waals surface area contributed by atoms with E-state index >= 15 is 0 Å². The van der Waals surface area contributed by atoms with Gasteiger partial charge >= 0.3 is 6.18 Å². The Bertz CT molecular complexity index is 1360. The largest absolute Gasteiger partial charge is 0.493 e. The molecular formula is C26H27F3N2O5S. The predicted molar refractivity (Wildman–Crippen MR) is 135 cm³/mol. The summed E-state index contributed by atoms with van der Waals surface area (Å²) in [6.45, 7) is 3.25. The average Bonchev–Trinajstić information content (AvgIpc) is 2.86. The molecule has 0 spiro atoms. The Morgan fingerprint density at radius 3 is 2.16 bits per heavy atom. The summed E-state index contributed by atoms with van der Waals surface area (Å²) in [6.07, 6.45) is -4.71. The normalized spacial score (nSPS) is 11.8. The molecule has 3 aromatic rings. The van der Waals surface area contributed by atoms with Crippen molar-refractivity contribution in [1.29, 1.82) is 0 Å². The lowest BCUT2D eigenvalue weighted by Crippen LogP contribution is -2.38. The van der Waals surface area contributed by atoms with E-state index in [0.717, 1.165) is 17.7 Å². The van der Waals surface area contributed by atoms with E-state index in [9.17, 15) is 26.4 Å². The molecule has 198 valence electrons. The van der Waals surface area contributed by atoms with Gasteiger partial charge in [-0.05, 0) is 53.9 Å². The van der Waals surface area contributed by atoms with Crippen molar-refractivity contribution in [3.63, 3.8) is 0 Å². The fraction of sp³-hybridized carbons (Fsp3) is 0.269. The standard InChI is InChI=1S/C26H27F3N2O5S/c1-17(2)18-8-10-20(11-9-18)30-25(32)16-31(21-7-5-6-19(14-21)26(27,28)29)37(33,34)22-12-13-23(35-3)24(15-22)36-4/h5-15,17H,16H2,1-4H3,(H,30,32). The molecule has 0 unspecified atom stereocenters. The lowest BCUT2D eigenvalue weighted by Gasteiger charge is -2.25. The third-order valence-electron chi connectivity index (χ3n) is 5.55. The van der Waals surface area contributed by atoms with Crippen LogP contribution in [-0.2, 0) is 21.0 Å². The number of alkyl halides is 3. The summed E-state index contributed by atoms with van der Waals surface area (Å²) in [4.78, 5) is 12.6. The second-order valence-corrected chi connectivity index (χ2v) is 10.3. The first kappa shape index (κ1) is 27.9. The van der Waals surface area contributed by atoms with Crippen LogP contribution >= 0.6 is 0 Å². The summed E-state index contributed by atoms with van der Waals surface area (Å²) in [7, 11) is -1.82. The van der Waals surface area contributed by atoms with Crippen molar-refractivity contribution in [1.82, 2.24) is 0 Å². The number of nitrogens with zero attached hydrogens (tertiary/aromatic N) is 1. The Kier molecular flexibility index (Phi) is 8.37. The molecule has 0 bridgehead atoms. The molecule has 3 aromatic carbocycles. The smallest absolute Gasteiger partial charge is 0.416 e. The molecule has 0 aliphatic rings. The molecule has 0 aliphatic carbocycles. The van der Waals surface area contributed by atoms with Crippen LogP contribution in [0.3, 0.4) is 0 Å². The Hall–Kier alpha value is -3.73. The van der Waals surface area contributed by atoms with Gasteiger partial charge < -0.3 is 14.8 Å². The van der Waals surface area contributed by atoms with E-state index in [2.05, 4.69) is 5.32 Å². The van der Waals surface area contributed by atoms with Crippen molar-refractivity contribution in [3.05, 3.63) is 77.9 Å². The number of hydrogen-bond donors (Lipinski definition) is 1. The van der Waals surface area contributed by atoms with Gasteiger partial charge in [-0.15, -0.1) is 0 Å². The number of halogens is 3. The van der Waals surface area contributed by atoms with Crippen LogP contribution in [0.2, 0.25) is 0 Å². The van der Waals surface area contributed by atoms with E-state index in [0.29, 0.717) is 16.1 Å². The maximum Gasteiger partial charge on any atom is 0.416 e. The van der Waals surface area contributed by atoms with E-state index in [1.807, 2.05) is 26.0 Å². The predicted octanol–water partition coefficient (Wildman–Crippen LogP) is 5.68. The van der Waals surface area contributed by atoms with Gasteiger partial charge in [0.15, 0.2) is 11.5 Å². The zero-order valence-electron chi connectivity index (χ0n) is 20.7. The number of rotatable bonds is 9. The number of benzene rings is 3. The number of sulfonamides is 1. The average molecular weight is 537 g/mol. The highest BCUT2D eigenvalue weighted by Crippen LogP contribution is 2.35. The Labute approximate surface area is 213 Å². The minimum absolute atomic E-state index is 0.0993. The van der Waals surface area contributed by atoms with Gasteiger partial charge in [-0.2, -0.15) is 13.2 Å². The summed E-state index contributed by atoms with van der Waals surface area (Å²) in [5.74, 6) is -0.108. The first-order valence-corrected chi connectivity index (χ1v) is 12.6. The Morgan fingerprint density at radius 2 is 1.59 bits per heavy atom. The Balaban J connectivity index is 2.02. The number of amides is 1. The van der Waals surface area contributed by atoms with E-state index in [1.165, 1.54) is 38.5 Å². The van der Waals surface area contributed by atoms with Gasteiger partial charge in [-0.1, -0.05) is 32.0 Å². The fourth-order valence-corrected chi connectivity index (χ4v) is 4.97. The van der Waals surface area contributed by atoms with Gasteiger partial charge in [0.1, 0.15) is 6.54 Å². The lowest BCUT2D eigenvalue weighted by molar-refractivity contribution is -0.137. The highest BCUT2D eigenvalue weighted by molar-refractivity contribution is 7.92. The van der Waals surface area contributed by atoms with Gasteiger partial charge in [0.05, 0.1) is 30.4 Å². The quantitative estimate of drug-likeness (QED) is 0.380. The minimum atomic E-state index is -4.71. The van der Waals surface area contributed by atoms with E-state index in [1.54, 1.807) is 12.1 Å². The molecule has 0 aromatic heterocycles. The molecule has 1 N–H and O–H groups in total.